The lowest BCUT2D eigenvalue weighted by molar-refractivity contribution is -0.139. The number of carbonyl (C=O) groups excluding carboxylic acids is 2. The summed E-state index contributed by atoms with van der Waals surface area (Å²) in [7, 11) is 0. The summed E-state index contributed by atoms with van der Waals surface area (Å²) in [5, 5.41) is 16.6. The van der Waals surface area contributed by atoms with Crippen molar-refractivity contribution in [3.8, 4) is 0 Å². The quantitative estimate of drug-likeness (QED) is 0.699. The van der Waals surface area contributed by atoms with Gasteiger partial charge < -0.3 is 20.2 Å². The van der Waals surface area contributed by atoms with E-state index in [-0.39, 0.29) is 13.1 Å². The van der Waals surface area contributed by atoms with E-state index < -0.39 is 17.9 Å². The summed E-state index contributed by atoms with van der Waals surface area (Å²) < 4.78 is 5.04. The van der Waals surface area contributed by atoms with E-state index in [0.717, 1.165) is 4.88 Å². The zero-order valence-corrected chi connectivity index (χ0v) is 12.1. The number of nitrogens with one attached hydrogen (secondary N) is 2. The highest BCUT2D eigenvalue weighted by Gasteiger charge is 2.14. The van der Waals surface area contributed by atoms with Crippen LogP contribution in [0, 0.1) is 0 Å². The van der Waals surface area contributed by atoms with Gasteiger partial charge in [-0.3, -0.25) is 9.59 Å². The fraction of sp³-hybridized carbons (Fsp3) is 0.286. The number of furan rings is 1. The Kier molecular flexibility index (Phi) is 5.53. The molecule has 3 N–H and O–H groups in total. The minimum absolute atomic E-state index is 0.164. The predicted octanol–water partition coefficient (Wildman–Crippen LogP) is 1.20. The Morgan fingerprint density at radius 1 is 1.24 bits per heavy atom. The number of rotatable bonds is 6. The first-order chi connectivity index (χ1) is 10.2. The zero-order chi connectivity index (χ0) is 15.1. The summed E-state index contributed by atoms with van der Waals surface area (Å²) in [5.74, 6) is -0.874. The van der Waals surface area contributed by atoms with Gasteiger partial charge in [-0.1, -0.05) is 6.07 Å². The first kappa shape index (κ1) is 15.3. The average molecular weight is 308 g/mol. The van der Waals surface area contributed by atoms with Crippen molar-refractivity contribution < 1.29 is 19.1 Å². The SMILES string of the molecule is O=C(NCC[C@@H](O)c1cccs1)C(=O)NCc1ccco1. The fourth-order valence-corrected chi connectivity index (χ4v) is 2.43. The van der Waals surface area contributed by atoms with Gasteiger partial charge in [-0.05, 0) is 30.0 Å². The lowest BCUT2D eigenvalue weighted by Gasteiger charge is -2.09. The van der Waals surface area contributed by atoms with E-state index in [0.29, 0.717) is 12.2 Å². The number of thiophene rings is 1. The van der Waals surface area contributed by atoms with Crippen molar-refractivity contribution in [2.45, 2.75) is 19.1 Å². The van der Waals surface area contributed by atoms with Crippen LogP contribution in [-0.4, -0.2) is 23.5 Å². The van der Waals surface area contributed by atoms with E-state index in [1.807, 2.05) is 17.5 Å². The van der Waals surface area contributed by atoms with Crippen LogP contribution in [0.25, 0.3) is 0 Å². The second kappa shape index (κ2) is 7.61. The molecule has 0 saturated heterocycles. The van der Waals surface area contributed by atoms with Gasteiger partial charge in [0.2, 0.25) is 0 Å². The lowest BCUT2D eigenvalue weighted by atomic mass is 10.2. The van der Waals surface area contributed by atoms with Crippen LogP contribution in [0.1, 0.15) is 23.2 Å². The van der Waals surface area contributed by atoms with E-state index in [1.165, 1.54) is 17.6 Å². The minimum Gasteiger partial charge on any atom is -0.467 e. The lowest BCUT2D eigenvalue weighted by Crippen LogP contribution is -2.40. The molecule has 2 rings (SSSR count). The van der Waals surface area contributed by atoms with Gasteiger partial charge in [0.15, 0.2) is 0 Å². The van der Waals surface area contributed by atoms with Gasteiger partial charge in [0, 0.05) is 11.4 Å². The number of hydrogen-bond acceptors (Lipinski definition) is 5. The molecule has 0 aliphatic carbocycles. The van der Waals surface area contributed by atoms with E-state index >= 15 is 0 Å². The van der Waals surface area contributed by atoms with Crippen LogP contribution in [0.5, 0.6) is 0 Å². The fourth-order valence-electron chi connectivity index (χ4n) is 1.69. The standard InChI is InChI=1S/C14H16N2O4S/c17-11(12-4-2-8-21-12)5-6-15-13(18)14(19)16-9-10-3-1-7-20-10/h1-4,7-8,11,17H,5-6,9H2,(H,15,18)(H,16,19)/t11-/m1/s1. The summed E-state index contributed by atoms with van der Waals surface area (Å²) in [6, 6.07) is 7.08. The molecule has 0 aliphatic heterocycles. The van der Waals surface area contributed by atoms with Crippen molar-refractivity contribution in [1.82, 2.24) is 10.6 Å². The maximum atomic E-state index is 11.5. The highest BCUT2D eigenvalue weighted by molar-refractivity contribution is 7.10. The molecule has 7 heteroatoms. The summed E-state index contributed by atoms with van der Waals surface area (Å²) in [4.78, 5) is 23.9. The Morgan fingerprint density at radius 3 is 2.71 bits per heavy atom. The summed E-state index contributed by atoms with van der Waals surface area (Å²) in [5.41, 5.74) is 0. The predicted molar refractivity (Wildman–Crippen MR) is 77.5 cm³/mol. The minimum atomic E-state index is -0.725. The molecule has 21 heavy (non-hydrogen) atoms. The first-order valence-corrected chi connectivity index (χ1v) is 7.34. The van der Waals surface area contributed by atoms with Crippen LogP contribution >= 0.6 is 11.3 Å². The van der Waals surface area contributed by atoms with Gasteiger partial charge in [0.25, 0.3) is 0 Å². The van der Waals surface area contributed by atoms with Crippen LogP contribution in [-0.2, 0) is 16.1 Å². The highest BCUT2D eigenvalue weighted by atomic mass is 32.1. The third kappa shape index (κ3) is 4.73. The maximum Gasteiger partial charge on any atom is 0.309 e. The molecule has 0 bridgehead atoms. The molecular weight excluding hydrogens is 292 g/mol. The molecule has 0 aliphatic rings. The number of carbonyl (C=O) groups is 2. The van der Waals surface area contributed by atoms with E-state index in [2.05, 4.69) is 10.6 Å². The first-order valence-electron chi connectivity index (χ1n) is 6.46. The number of aliphatic hydroxyl groups is 1. The van der Waals surface area contributed by atoms with Crippen LogP contribution < -0.4 is 10.6 Å². The Morgan fingerprint density at radius 2 is 2.05 bits per heavy atom. The monoisotopic (exact) mass is 308 g/mol. The molecule has 0 unspecified atom stereocenters. The van der Waals surface area contributed by atoms with Crippen molar-refractivity contribution in [2.24, 2.45) is 0 Å². The van der Waals surface area contributed by atoms with Gasteiger partial charge in [0.1, 0.15) is 5.76 Å². The van der Waals surface area contributed by atoms with Crippen LogP contribution in [0.2, 0.25) is 0 Å². The van der Waals surface area contributed by atoms with E-state index in [9.17, 15) is 14.7 Å². The second-order valence-corrected chi connectivity index (χ2v) is 5.32. The van der Waals surface area contributed by atoms with Crippen molar-refractivity contribution in [1.29, 1.82) is 0 Å². The molecule has 0 radical (unpaired) electrons. The topological polar surface area (TPSA) is 91.6 Å². The van der Waals surface area contributed by atoms with Gasteiger partial charge >= 0.3 is 11.8 Å². The van der Waals surface area contributed by atoms with Crippen molar-refractivity contribution >= 4 is 23.2 Å². The molecule has 6 nitrogen and oxygen atoms in total. The molecule has 1 atom stereocenters. The summed E-state index contributed by atoms with van der Waals surface area (Å²) >= 11 is 1.45. The molecule has 2 aromatic rings. The van der Waals surface area contributed by atoms with Crippen LogP contribution in [0.3, 0.4) is 0 Å². The van der Waals surface area contributed by atoms with Crippen molar-refractivity contribution in [2.75, 3.05) is 6.54 Å². The molecule has 2 heterocycles. The Labute approximate surface area is 125 Å². The molecular formula is C14H16N2O4S. The third-order valence-electron chi connectivity index (χ3n) is 2.78. The molecule has 2 aromatic heterocycles. The highest BCUT2D eigenvalue weighted by Crippen LogP contribution is 2.20. The second-order valence-electron chi connectivity index (χ2n) is 4.34. The van der Waals surface area contributed by atoms with Crippen molar-refractivity contribution in [3.63, 3.8) is 0 Å². The number of amides is 2. The Bertz CT molecular complexity index is 566. The largest absolute Gasteiger partial charge is 0.467 e. The zero-order valence-electron chi connectivity index (χ0n) is 11.2. The molecule has 0 spiro atoms. The van der Waals surface area contributed by atoms with Gasteiger partial charge in [-0.15, -0.1) is 11.3 Å². The van der Waals surface area contributed by atoms with Crippen LogP contribution in [0.15, 0.2) is 40.3 Å². The molecule has 0 saturated carbocycles. The molecule has 2 amide bonds. The van der Waals surface area contributed by atoms with Gasteiger partial charge in [-0.25, -0.2) is 0 Å². The maximum absolute atomic E-state index is 11.5. The Hall–Kier alpha value is -2.12. The number of hydrogen-bond donors (Lipinski definition) is 3. The average Bonchev–Trinajstić information content (AvgIpc) is 3.17. The molecule has 0 fully saturated rings. The van der Waals surface area contributed by atoms with Crippen LogP contribution in [0.4, 0.5) is 0 Å². The van der Waals surface area contributed by atoms with Crippen molar-refractivity contribution in [3.05, 3.63) is 46.5 Å². The van der Waals surface area contributed by atoms with Gasteiger partial charge in [0.05, 0.1) is 18.9 Å². The third-order valence-corrected chi connectivity index (χ3v) is 3.76. The molecule has 112 valence electrons. The summed E-state index contributed by atoms with van der Waals surface area (Å²) in [6.45, 7) is 0.392. The molecule has 0 aromatic carbocycles. The summed E-state index contributed by atoms with van der Waals surface area (Å²) in [6.07, 6.45) is 1.22. The number of aliphatic hydroxyl groups excluding tert-OH is 1. The Balaban J connectivity index is 1.65. The smallest absolute Gasteiger partial charge is 0.309 e. The van der Waals surface area contributed by atoms with Gasteiger partial charge in [-0.2, -0.15) is 0 Å². The van der Waals surface area contributed by atoms with E-state index in [1.54, 1.807) is 12.1 Å². The van der Waals surface area contributed by atoms with E-state index in [4.69, 9.17) is 4.42 Å². The normalized spacial score (nSPS) is 11.9.